The van der Waals surface area contributed by atoms with E-state index in [4.69, 9.17) is 5.41 Å². The number of aromatic amines is 1. The lowest BCUT2D eigenvalue weighted by Crippen LogP contribution is -2.63. The van der Waals surface area contributed by atoms with Crippen LogP contribution in [0.3, 0.4) is 0 Å². The summed E-state index contributed by atoms with van der Waals surface area (Å²) in [4.78, 5) is 52.2. The SMILES string of the molecule is C=C(C#Cc1ccc(C[C@H](NC(=O)[C@@H](NC(=O)OC)C(C)(C)C(F)(F)F)[C@@H](O)CN(Cc2c(F)cc(-c3ccn[nH]3)cc2F)NC(=O)[C@@H](NC(=O)OC)C(C)(C)C)cc1)C=N. The van der Waals surface area contributed by atoms with Crippen LogP contribution in [0.2, 0.25) is 0 Å². The summed E-state index contributed by atoms with van der Waals surface area (Å²) in [6, 6.07) is 4.55. The van der Waals surface area contributed by atoms with Crippen LogP contribution in [0.1, 0.15) is 51.3 Å². The van der Waals surface area contributed by atoms with Crippen LogP contribution in [0.25, 0.3) is 11.3 Å². The van der Waals surface area contributed by atoms with E-state index in [1.165, 1.54) is 12.3 Å². The van der Waals surface area contributed by atoms with E-state index in [1.54, 1.807) is 45.0 Å². The van der Waals surface area contributed by atoms with Gasteiger partial charge in [-0.2, -0.15) is 18.3 Å². The number of carbonyl (C=O) groups excluding carboxylic acids is 4. The summed E-state index contributed by atoms with van der Waals surface area (Å²) in [5.74, 6) is 1.02. The van der Waals surface area contributed by atoms with Gasteiger partial charge in [0.1, 0.15) is 23.7 Å². The Balaban J connectivity index is 2.13. The molecule has 15 nitrogen and oxygen atoms in total. The number of carbonyl (C=O) groups is 4. The number of methoxy groups -OCH3 is 2. The van der Waals surface area contributed by atoms with Crippen molar-refractivity contribution in [2.24, 2.45) is 10.8 Å². The Morgan fingerprint density at radius 3 is 2.00 bits per heavy atom. The zero-order chi connectivity index (χ0) is 45.9. The molecule has 0 radical (unpaired) electrons. The Bertz CT molecular complexity index is 2090. The molecule has 0 aliphatic heterocycles. The number of halogens is 5. The van der Waals surface area contributed by atoms with Gasteiger partial charge in [0.05, 0.1) is 37.5 Å². The third-order valence-electron chi connectivity index (χ3n) is 9.46. The van der Waals surface area contributed by atoms with Crippen molar-refractivity contribution in [1.29, 1.82) is 5.41 Å². The van der Waals surface area contributed by atoms with Crippen LogP contribution in [0.5, 0.6) is 0 Å². The van der Waals surface area contributed by atoms with Gasteiger partial charge in [0.25, 0.3) is 5.91 Å². The van der Waals surface area contributed by atoms with Crippen molar-refractivity contribution >= 4 is 30.2 Å². The molecule has 330 valence electrons. The van der Waals surface area contributed by atoms with E-state index >= 15 is 8.78 Å². The standard InChI is InChI=1S/C41H49F5N8O7/c1-23(20-47)9-10-24-11-13-25(14-12-24)17-31(49-35(56)34(51-38(59)61-8)40(5,6)41(44,45)46)32(55)22-54(53-36(57)33(39(2,3)4)50-37(58)60-7)21-27-28(42)18-26(19-29(27)43)30-15-16-48-52-30/h11-16,18-20,31-34,47,55H,1,17,21-22H2,2-8H3,(H,48,52)(H,49,56)(H,50,58)(H,51,59)(H,53,57)/t31-,32-,33+,34+/m0/s1. The van der Waals surface area contributed by atoms with Crippen molar-refractivity contribution < 1.29 is 55.7 Å². The number of aliphatic hydroxyl groups excluding tert-OH is 1. The van der Waals surface area contributed by atoms with Gasteiger partial charge in [-0.15, -0.1) is 0 Å². The van der Waals surface area contributed by atoms with E-state index in [0.717, 1.165) is 37.6 Å². The lowest BCUT2D eigenvalue weighted by Gasteiger charge is -2.37. The number of H-pyrrole nitrogens is 1. The first-order chi connectivity index (χ1) is 28.4. The molecule has 7 N–H and O–H groups in total. The summed E-state index contributed by atoms with van der Waals surface area (Å²) in [5, 5.41) is 33.1. The monoisotopic (exact) mass is 860 g/mol. The van der Waals surface area contributed by atoms with Crippen molar-refractivity contribution in [3.05, 3.63) is 89.1 Å². The summed E-state index contributed by atoms with van der Waals surface area (Å²) in [6.45, 7) is 8.28. The smallest absolute Gasteiger partial charge is 0.407 e. The second-order valence-electron chi connectivity index (χ2n) is 15.5. The van der Waals surface area contributed by atoms with Crippen LogP contribution in [0.4, 0.5) is 31.5 Å². The molecule has 0 saturated carbocycles. The second kappa shape index (κ2) is 20.8. The number of nitrogens with zero attached hydrogens (tertiary/aromatic N) is 2. The molecule has 0 unspecified atom stereocenters. The molecule has 0 aliphatic rings. The molecule has 3 rings (SSSR count). The lowest BCUT2D eigenvalue weighted by molar-refractivity contribution is -0.220. The Kier molecular flexibility index (Phi) is 16.7. The molecule has 0 bridgehead atoms. The number of hydrogen-bond acceptors (Lipinski definition) is 10. The molecule has 0 saturated heterocycles. The number of alkyl carbamates (subject to hydrolysis) is 2. The zero-order valence-corrected chi connectivity index (χ0v) is 34.5. The van der Waals surface area contributed by atoms with Crippen LogP contribution >= 0.6 is 0 Å². The van der Waals surface area contributed by atoms with Crippen molar-refractivity contribution in [2.45, 2.75) is 78.0 Å². The Hall–Kier alpha value is -6.33. The van der Waals surface area contributed by atoms with Gasteiger partial charge < -0.3 is 35.9 Å². The number of nitrogens with one attached hydrogen (secondary N) is 6. The number of ether oxygens (including phenoxy) is 2. The maximum Gasteiger partial charge on any atom is 0.407 e. The fourth-order valence-corrected chi connectivity index (χ4v) is 5.72. The number of rotatable bonds is 16. The molecule has 4 amide bonds. The second-order valence-corrected chi connectivity index (χ2v) is 15.5. The molecule has 1 heterocycles. The maximum absolute atomic E-state index is 15.7. The molecule has 61 heavy (non-hydrogen) atoms. The van der Waals surface area contributed by atoms with Gasteiger partial charge in [-0.1, -0.05) is 51.3 Å². The Morgan fingerprint density at radius 1 is 0.934 bits per heavy atom. The summed E-state index contributed by atoms with van der Waals surface area (Å²) in [7, 11) is 1.96. The third-order valence-corrected chi connectivity index (χ3v) is 9.46. The predicted octanol–water partition coefficient (Wildman–Crippen LogP) is 4.92. The number of alkyl halides is 3. The number of allylic oxidation sites excluding steroid dienone is 1. The average molecular weight is 861 g/mol. The fraction of sp³-hybridized carbons (Fsp3) is 0.415. The number of benzene rings is 2. The number of aromatic nitrogens is 2. The topological polar surface area (TPSA) is 211 Å². The van der Waals surface area contributed by atoms with E-state index < -0.39 is 95.5 Å². The van der Waals surface area contributed by atoms with Gasteiger partial charge in [-0.3, -0.25) is 20.1 Å². The Labute approximate surface area is 349 Å². The first-order valence-corrected chi connectivity index (χ1v) is 18.5. The Morgan fingerprint density at radius 2 is 1.51 bits per heavy atom. The lowest BCUT2D eigenvalue weighted by atomic mass is 9.82. The minimum Gasteiger partial charge on any atom is -0.453 e. The summed E-state index contributed by atoms with van der Waals surface area (Å²) in [6.07, 6.45) is -7.19. The molecular weight excluding hydrogens is 811 g/mol. The van der Waals surface area contributed by atoms with Crippen LogP contribution < -0.4 is 21.4 Å². The van der Waals surface area contributed by atoms with E-state index in [2.05, 4.69) is 54.2 Å². The molecule has 4 atom stereocenters. The maximum atomic E-state index is 15.7. The predicted molar refractivity (Wildman–Crippen MR) is 213 cm³/mol. The van der Waals surface area contributed by atoms with Gasteiger partial charge in [0.2, 0.25) is 5.91 Å². The molecular formula is C41H49F5N8O7. The van der Waals surface area contributed by atoms with E-state index in [0.29, 0.717) is 25.0 Å². The van der Waals surface area contributed by atoms with Gasteiger partial charge in [-0.25, -0.2) is 23.4 Å². The third kappa shape index (κ3) is 13.6. The number of hydrogen-bond donors (Lipinski definition) is 7. The van der Waals surface area contributed by atoms with Crippen LogP contribution in [-0.4, -0.2) is 102 Å². The average Bonchev–Trinajstić information content (AvgIpc) is 3.73. The molecule has 20 heteroatoms. The largest absolute Gasteiger partial charge is 0.453 e. The highest BCUT2D eigenvalue weighted by Crippen LogP contribution is 2.40. The fourth-order valence-electron chi connectivity index (χ4n) is 5.72. The zero-order valence-electron chi connectivity index (χ0n) is 34.5. The molecule has 0 aliphatic carbocycles. The first-order valence-electron chi connectivity index (χ1n) is 18.5. The van der Waals surface area contributed by atoms with Gasteiger partial charge in [0, 0.05) is 47.8 Å². The van der Waals surface area contributed by atoms with Crippen molar-refractivity contribution in [3.8, 4) is 23.1 Å². The quantitative estimate of drug-likeness (QED) is 0.0451. The minimum atomic E-state index is -5.05. The van der Waals surface area contributed by atoms with Crippen molar-refractivity contribution in [2.75, 3.05) is 20.8 Å². The number of aliphatic hydroxyl groups is 1. The van der Waals surface area contributed by atoms with Crippen molar-refractivity contribution in [1.82, 2.24) is 36.6 Å². The first kappa shape index (κ1) is 49.0. The van der Waals surface area contributed by atoms with Gasteiger partial charge >= 0.3 is 18.4 Å². The van der Waals surface area contributed by atoms with E-state index in [-0.39, 0.29) is 23.3 Å². The number of hydrazine groups is 1. The molecule has 3 aromatic rings. The molecule has 0 fully saturated rings. The summed E-state index contributed by atoms with van der Waals surface area (Å²) >= 11 is 0. The highest BCUT2D eigenvalue weighted by Gasteiger charge is 2.56. The van der Waals surface area contributed by atoms with E-state index in [1.807, 2.05) is 5.32 Å². The summed E-state index contributed by atoms with van der Waals surface area (Å²) < 4.78 is 83.6. The minimum absolute atomic E-state index is 0.0956. The van der Waals surface area contributed by atoms with Gasteiger partial charge in [0.15, 0.2) is 0 Å². The van der Waals surface area contributed by atoms with Crippen LogP contribution in [0, 0.1) is 39.7 Å². The number of amides is 4. The molecule has 1 aromatic heterocycles. The van der Waals surface area contributed by atoms with Crippen LogP contribution in [0.15, 0.2) is 60.8 Å². The molecule has 2 aromatic carbocycles. The highest BCUT2D eigenvalue weighted by molar-refractivity contribution is 5.87. The van der Waals surface area contributed by atoms with E-state index in [9.17, 15) is 37.5 Å². The van der Waals surface area contributed by atoms with Crippen LogP contribution in [-0.2, 0) is 32.0 Å². The summed E-state index contributed by atoms with van der Waals surface area (Å²) in [5.41, 5.74) is -0.488. The van der Waals surface area contributed by atoms with Gasteiger partial charge in [-0.05, 0) is 61.6 Å². The normalized spacial score (nSPS) is 13.7. The molecule has 0 spiro atoms. The highest BCUT2D eigenvalue weighted by atomic mass is 19.4. The van der Waals surface area contributed by atoms with Crippen molar-refractivity contribution in [3.63, 3.8) is 0 Å².